The van der Waals surface area contributed by atoms with E-state index in [9.17, 15) is 0 Å². The molecule has 20 heavy (non-hydrogen) atoms. The van der Waals surface area contributed by atoms with Crippen molar-refractivity contribution in [3.8, 4) is 6.07 Å². The van der Waals surface area contributed by atoms with E-state index in [0.29, 0.717) is 16.3 Å². The second-order valence-corrected chi connectivity index (χ2v) is 4.77. The number of halogens is 1. The molecule has 3 aromatic rings. The summed E-state index contributed by atoms with van der Waals surface area (Å²) in [5.41, 5.74) is 3.08. The first kappa shape index (κ1) is 12.5. The van der Waals surface area contributed by atoms with Crippen LogP contribution in [0.2, 0.25) is 5.02 Å². The van der Waals surface area contributed by atoms with Gasteiger partial charge in [0.2, 0.25) is 0 Å². The molecule has 3 rings (SSSR count). The predicted molar refractivity (Wildman–Crippen MR) is 81.2 cm³/mol. The van der Waals surface area contributed by atoms with Crippen LogP contribution in [0.15, 0.2) is 54.7 Å². The Morgan fingerprint density at radius 2 is 2.00 bits per heavy atom. The molecule has 0 spiro atoms. The van der Waals surface area contributed by atoms with E-state index >= 15 is 0 Å². The first-order valence-corrected chi connectivity index (χ1v) is 6.45. The first-order chi connectivity index (χ1) is 9.76. The number of fused-ring (bicyclic) bond motifs is 1. The van der Waals surface area contributed by atoms with Crippen molar-refractivity contribution in [1.29, 1.82) is 5.26 Å². The highest BCUT2D eigenvalue weighted by Crippen LogP contribution is 2.26. The molecule has 0 saturated carbocycles. The lowest BCUT2D eigenvalue weighted by Crippen LogP contribution is -1.94. The number of anilines is 2. The number of nitrogens with one attached hydrogen (secondary N) is 1. The summed E-state index contributed by atoms with van der Waals surface area (Å²) in [5.74, 6) is 0. The second-order valence-electron chi connectivity index (χ2n) is 4.34. The normalized spacial score (nSPS) is 10.2. The molecule has 0 atom stereocenters. The molecule has 0 radical (unpaired) electrons. The summed E-state index contributed by atoms with van der Waals surface area (Å²) >= 11 is 5.98. The van der Waals surface area contributed by atoms with Crippen molar-refractivity contribution >= 4 is 33.9 Å². The fraction of sp³-hybridized carbons (Fsp3) is 0. The molecule has 3 nitrogen and oxygen atoms in total. The van der Waals surface area contributed by atoms with Gasteiger partial charge in [-0.25, -0.2) is 0 Å². The third kappa shape index (κ3) is 2.42. The molecule has 0 bridgehead atoms. The zero-order valence-corrected chi connectivity index (χ0v) is 11.2. The minimum atomic E-state index is 0.556. The van der Waals surface area contributed by atoms with E-state index in [1.54, 1.807) is 24.4 Å². The molecule has 96 valence electrons. The Morgan fingerprint density at radius 1 is 1.10 bits per heavy atom. The summed E-state index contributed by atoms with van der Waals surface area (Å²) in [4.78, 5) is 4.28. The van der Waals surface area contributed by atoms with Crippen LogP contribution in [0, 0.1) is 11.3 Å². The van der Waals surface area contributed by atoms with Gasteiger partial charge in [0.25, 0.3) is 0 Å². The molecule has 0 saturated heterocycles. The molecule has 0 unspecified atom stereocenters. The Bertz CT molecular complexity index is 821. The fourth-order valence-electron chi connectivity index (χ4n) is 2.03. The van der Waals surface area contributed by atoms with Crippen LogP contribution >= 0.6 is 11.6 Å². The number of aromatic nitrogens is 1. The number of nitriles is 1. The lowest BCUT2D eigenvalue weighted by molar-refractivity contribution is 1.41. The highest BCUT2D eigenvalue weighted by Gasteiger charge is 2.04. The van der Waals surface area contributed by atoms with Crippen LogP contribution in [0.25, 0.3) is 10.9 Å². The Hall–Kier alpha value is -2.57. The summed E-state index contributed by atoms with van der Waals surface area (Å²) in [6.07, 6.45) is 1.76. The van der Waals surface area contributed by atoms with E-state index < -0.39 is 0 Å². The van der Waals surface area contributed by atoms with Crippen molar-refractivity contribution in [2.75, 3.05) is 5.32 Å². The predicted octanol–water partition coefficient (Wildman–Crippen LogP) is 4.50. The molecule has 1 N–H and O–H groups in total. The van der Waals surface area contributed by atoms with Crippen LogP contribution < -0.4 is 5.32 Å². The van der Waals surface area contributed by atoms with Crippen LogP contribution in [0.3, 0.4) is 0 Å². The minimum Gasteiger partial charge on any atom is -0.354 e. The van der Waals surface area contributed by atoms with Crippen LogP contribution in [0.4, 0.5) is 11.4 Å². The highest BCUT2D eigenvalue weighted by molar-refractivity contribution is 6.30. The van der Waals surface area contributed by atoms with E-state index in [4.69, 9.17) is 16.9 Å². The molecule has 2 aromatic carbocycles. The fourth-order valence-corrected chi connectivity index (χ4v) is 2.20. The third-order valence-corrected chi connectivity index (χ3v) is 3.22. The van der Waals surface area contributed by atoms with Gasteiger partial charge in [0.05, 0.1) is 16.8 Å². The molecule has 0 aliphatic heterocycles. The van der Waals surface area contributed by atoms with Gasteiger partial charge in [-0.1, -0.05) is 17.7 Å². The number of hydrogen-bond donors (Lipinski definition) is 1. The smallest absolute Gasteiger partial charge is 0.101 e. The van der Waals surface area contributed by atoms with Crippen molar-refractivity contribution in [2.24, 2.45) is 0 Å². The van der Waals surface area contributed by atoms with E-state index in [2.05, 4.69) is 16.4 Å². The molecule has 0 aliphatic rings. The first-order valence-electron chi connectivity index (χ1n) is 6.08. The third-order valence-electron chi connectivity index (χ3n) is 2.98. The van der Waals surface area contributed by atoms with Gasteiger partial charge < -0.3 is 5.32 Å². The van der Waals surface area contributed by atoms with Crippen molar-refractivity contribution in [1.82, 2.24) is 4.98 Å². The zero-order valence-electron chi connectivity index (χ0n) is 10.5. The maximum atomic E-state index is 9.12. The molecule has 0 aliphatic carbocycles. The lowest BCUT2D eigenvalue weighted by atomic mass is 10.1. The SMILES string of the molecule is N#Cc1ccc(Cl)cc1Nc1ccc2ncccc2c1. The molecule has 4 heteroatoms. The average molecular weight is 280 g/mol. The quantitative estimate of drug-likeness (QED) is 0.751. The molecule has 1 aromatic heterocycles. The van der Waals surface area contributed by atoms with E-state index in [1.807, 2.05) is 30.3 Å². The largest absolute Gasteiger partial charge is 0.354 e. The van der Waals surface area contributed by atoms with Gasteiger partial charge in [-0.3, -0.25) is 4.98 Å². The Labute approximate surface area is 121 Å². The minimum absolute atomic E-state index is 0.556. The second kappa shape index (κ2) is 5.20. The number of nitrogens with zero attached hydrogens (tertiary/aromatic N) is 2. The number of hydrogen-bond acceptors (Lipinski definition) is 3. The summed E-state index contributed by atoms with van der Waals surface area (Å²) in [6.45, 7) is 0. The summed E-state index contributed by atoms with van der Waals surface area (Å²) < 4.78 is 0. The molecule has 0 fully saturated rings. The van der Waals surface area contributed by atoms with Gasteiger partial charge in [0.1, 0.15) is 6.07 Å². The zero-order chi connectivity index (χ0) is 13.9. The summed E-state index contributed by atoms with van der Waals surface area (Å²) in [7, 11) is 0. The maximum Gasteiger partial charge on any atom is 0.101 e. The molecule has 1 heterocycles. The maximum absolute atomic E-state index is 9.12. The van der Waals surface area contributed by atoms with Gasteiger partial charge >= 0.3 is 0 Å². The average Bonchev–Trinajstić information content (AvgIpc) is 2.47. The van der Waals surface area contributed by atoms with Gasteiger partial charge in [-0.2, -0.15) is 5.26 Å². The Balaban J connectivity index is 2.01. The van der Waals surface area contributed by atoms with Gasteiger partial charge in [-0.05, 0) is 42.5 Å². The lowest BCUT2D eigenvalue weighted by Gasteiger charge is -2.09. The van der Waals surface area contributed by atoms with Crippen molar-refractivity contribution in [3.63, 3.8) is 0 Å². The van der Waals surface area contributed by atoms with E-state index in [-0.39, 0.29) is 0 Å². The number of benzene rings is 2. The van der Waals surface area contributed by atoms with E-state index in [0.717, 1.165) is 16.6 Å². The molecular formula is C16H10ClN3. The van der Waals surface area contributed by atoms with E-state index in [1.165, 1.54) is 0 Å². The standard InChI is InChI=1S/C16H10ClN3/c17-13-4-3-12(10-18)16(9-13)20-14-5-6-15-11(8-14)2-1-7-19-15/h1-9,20H. The molecule has 0 amide bonds. The van der Waals surface area contributed by atoms with Crippen LogP contribution in [0.5, 0.6) is 0 Å². The summed E-state index contributed by atoms with van der Waals surface area (Å²) in [6, 6.07) is 17.0. The van der Waals surface area contributed by atoms with Crippen LogP contribution in [-0.2, 0) is 0 Å². The summed E-state index contributed by atoms with van der Waals surface area (Å²) in [5, 5.41) is 14.0. The van der Waals surface area contributed by atoms with Crippen LogP contribution in [0.1, 0.15) is 5.56 Å². The van der Waals surface area contributed by atoms with Crippen molar-refractivity contribution < 1.29 is 0 Å². The molecular weight excluding hydrogens is 270 g/mol. The monoisotopic (exact) mass is 279 g/mol. The number of rotatable bonds is 2. The Kier molecular flexibility index (Phi) is 3.24. The van der Waals surface area contributed by atoms with Gasteiger partial charge in [0, 0.05) is 22.3 Å². The van der Waals surface area contributed by atoms with Crippen molar-refractivity contribution in [2.45, 2.75) is 0 Å². The topological polar surface area (TPSA) is 48.7 Å². The Morgan fingerprint density at radius 3 is 2.85 bits per heavy atom. The van der Waals surface area contributed by atoms with Gasteiger partial charge in [-0.15, -0.1) is 0 Å². The number of pyridine rings is 1. The van der Waals surface area contributed by atoms with Crippen LogP contribution in [-0.4, -0.2) is 4.98 Å². The van der Waals surface area contributed by atoms with Crippen molar-refractivity contribution in [3.05, 3.63) is 65.3 Å². The highest BCUT2D eigenvalue weighted by atomic mass is 35.5. The van der Waals surface area contributed by atoms with Gasteiger partial charge in [0.15, 0.2) is 0 Å².